The molecule has 0 spiro atoms. The predicted molar refractivity (Wildman–Crippen MR) is 356 cm³/mol. The average molecular weight is 1370 g/mol. The number of aryl methyl sites for hydroxylation is 1. The van der Waals surface area contributed by atoms with Crippen LogP contribution in [-0.4, -0.2) is 134 Å². The maximum atomic E-state index is 14.1. The molecule has 0 aromatic heterocycles. The van der Waals surface area contributed by atoms with E-state index in [4.69, 9.17) is 19.9 Å². The van der Waals surface area contributed by atoms with Gasteiger partial charge < -0.3 is 45.3 Å². The summed E-state index contributed by atoms with van der Waals surface area (Å²) in [7, 11) is 1.35. The summed E-state index contributed by atoms with van der Waals surface area (Å²) in [5.41, 5.74) is 4.75. The Morgan fingerprint density at radius 3 is 2.11 bits per heavy atom. The number of fused-ring (bicyclic) bond motifs is 5. The van der Waals surface area contributed by atoms with Crippen LogP contribution in [0.3, 0.4) is 0 Å². The van der Waals surface area contributed by atoms with E-state index in [1.54, 1.807) is 15.9 Å². The van der Waals surface area contributed by atoms with Crippen LogP contribution in [0, 0.1) is 71.0 Å². The molecule has 542 valence electrons. The van der Waals surface area contributed by atoms with Gasteiger partial charge in [-0.2, -0.15) is 26.3 Å². The van der Waals surface area contributed by atoms with Crippen molar-refractivity contribution in [2.24, 2.45) is 69.8 Å². The number of rotatable bonds is 29. The molecule has 6 amide bonds. The number of alkyl halides is 6. The Labute approximate surface area is 571 Å². The minimum absolute atomic E-state index is 0.0267. The summed E-state index contributed by atoms with van der Waals surface area (Å²) in [6, 6.07) is 7.41. The molecule has 6 aliphatic rings. The molecule has 16 nitrogen and oxygen atoms in total. The summed E-state index contributed by atoms with van der Waals surface area (Å²) in [6.45, 7) is 17.2. The van der Waals surface area contributed by atoms with Crippen LogP contribution in [0.2, 0.25) is 0 Å². The number of amides is 6. The number of halogens is 6. The van der Waals surface area contributed by atoms with Crippen molar-refractivity contribution in [3.63, 3.8) is 0 Å². The molecule has 4 aliphatic carbocycles. The van der Waals surface area contributed by atoms with Gasteiger partial charge in [0, 0.05) is 83.3 Å². The Morgan fingerprint density at radius 2 is 1.44 bits per heavy atom. The molecule has 4 saturated carbocycles. The van der Waals surface area contributed by atoms with E-state index in [0.717, 1.165) is 77.7 Å². The van der Waals surface area contributed by atoms with Crippen LogP contribution in [0.25, 0.3) is 0 Å². The number of carbonyl (C=O) groups is 7. The highest BCUT2D eigenvalue weighted by Crippen LogP contribution is 2.67. The number of hydrogen-bond donors (Lipinski definition) is 3. The number of esters is 1. The van der Waals surface area contributed by atoms with Gasteiger partial charge in [0.2, 0.25) is 35.4 Å². The normalized spacial score (nSPS) is 27.1. The van der Waals surface area contributed by atoms with E-state index in [0.29, 0.717) is 61.7 Å². The van der Waals surface area contributed by atoms with Crippen molar-refractivity contribution in [3.8, 4) is 0 Å². The van der Waals surface area contributed by atoms with Crippen molar-refractivity contribution >= 4 is 41.4 Å². The van der Waals surface area contributed by atoms with Crippen LogP contribution < -0.4 is 16.4 Å². The number of primary amides is 1. The van der Waals surface area contributed by atoms with Gasteiger partial charge in [0.15, 0.2) is 0 Å². The maximum absolute atomic E-state index is 14.1. The molecule has 8 rings (SSSR count). The maximum Gasteiger partial charge on any atom is 0.416 e. The summed E-state index contributed by atoms with van der Waals surface area (Å²) < 4.78 is 100.0. The molecule has 4 N–H and O–H groups in total. The third kappa shape index (κ3) is 20.0. The Hall–Kier alpha value is -5.77. The van der Waals surface area contributed by atoms with E-state index in [1.165, 1.54) is 64.8 Å². The van der Waals surface area contributed by atoms with Gasteiger partial charge in [-0.05, 0) is 178 Å². The largest absolute Gasteiger partial charge is 0.462 e. The third-order valence-corrected chi connectivity index (χ3v) is 23.6. The van der Waals surface area contributed by atoms with Gasteiger partial charge in [0.1, 0.15) is 12.1 Å². The number of piperidine rings is 2. The van der Waals surface area contributed by atoms with Crippen molar-refractivity contribution < 1.29 is 74.1 Å². The predicted octanol–water partition coefficient (Wildman–Crippen LogP) is 13.1. The van der Waals surface area contributed by atoms with Crippen molar-refractivity contribution in [3.05, 3.63) is 70.3 Å². The van der Waals surface area contributed by atoms with Gasteiger partial charge in [-0.1, -0.05) is 97.9 Å². The summed E-state index contributed by atoms with van der Waals surface area (Å²) >= 11 is 0. The molecular formula is C75H110F6N6O10. The standard InChI is InChI=1S/C75H110F6N6O10/c1-9-14-56(96-37-30-66(89)84-64(69(82)92)43-68(91)97-55-25-31-72(6)52(42-55)18-13-20-59-62-22-21-61(49(5)17-12-15-47(2)3)73(62,7)32-26-63(59)72)46-95-38-33-83-65(88)23-24-67(90)86-34-27-51(28-35-86)70(93)87-36-29-58(60(45-87)57-19-11-10-16-48(57)4)71(94)85(8)44-50-39-53(74(76,77)78)41-54(40-50)75(79,80)81/h10-11,16,19,39-41,47,49,51-52,55-56,58-64H,9,12-15,17-18,20-38,42-46H2,1-8H3,(H2,82,92)(H,83,88)(H,84,89)/t49-,52?,55+,56?,58-,59-,60+,61-,62?,63?,64+,72+,73-/m1/s1. The first kappa shape index (κ1) is 77.0. The van der Waals surface area contributed by atoms with Crippen LogP contribution in [-0.2, 0) is 66.7 Å². The number of nitrogens with two attached hydrogens (primary N) is 1. The summed E-state index contributed by atoms with van der Waals surface area (Å²) in [6.07, 6.45) is 6.77. The molecule has 22 heteroatoms. The van der Waals surface area contributed by atoms with Crippen molar-refractivity contribution in [1.29, 1.82) is 0 Å². The molecule has 2 saturated heterocycles. The monoisotopic (exact) mass is 1370 g/mol. The van der Waals surface area contributed by atoms with E-state index in [-0.39, 0.29) is 119 Å². The van der Waals surface area contributed by atoms with Crippen molar-refractivity contribution in [2.45, 2.75) is 233 Å². The second kappa shape index (κ2) is 34.1. The van der Waals surface area contributed by atoms with E-state index in [1.807, 2.05) is 32.0 Å². The molecule has 6 fully saturated rings. The zero-order valence-corrected chi connectivity index (χ0v) is 58.7. The van der Waals surface area contributed by atoms with Gasteiger partial charge in [0.05, 0.1) is 43.5 Å². The molecule has 97 heavy (non-hydrogen) atoms. The van der Waals surface area contributed by atoms with E-state index in [2.05, 4.69) is 45.3 Å². The average Bonchev–Trinajstić information content (AvgIpc) is 1.27. The van der Waals surface area contributed by atoms with Crippen LogP contribution in [0.5, 0.6) is 0 Å². The fraction of sp³-hybridized carbons (Fsp3) is 0.747. The number of benzene rings is 2. The topological polar surface area (TPSA) is 207 Å². The van der Waals surface area contributed by atoms with Crippen LogP contribution in [0.4, 0.5) is 26.3 Å². The fourth-order valence-electron chi connectivity index (χ4n) is 18.4. The quantitative estimate of drug-likeness (QED) is 0.0399. The fourth-order valence-corrected chi connectivity index (χ4v) is 18.4. The molecule has 0 radical (unpaired) electrons. The minimum atomic E-state index is -5.04. The minimum Gasteiger partial charge on any atom is -0.462 e. The lowest BCUT2D eigenvalue weighted by Crippen LogP contribution is -2.50. The molecule has 13 atom stereocenters. The van der Waals surface area contributed by atoms with Gasteiger partial charge >= 0.3 is 18.3 Å². The highest BCUT2D eigenvalue weighted by Gasteiger charge is 2.60. The Balaban J connectivity index is 0.698. The molecule has 2 aromatic carbocycles. The van der Waals surface area contributed by atoms with Crippen LogP contribution in [0.1, 0.15) is 217 Å². The zero-order valence-electron chi connectivity index (χ0n) is 58.7. The Morgan fingerprint density at radius 1 is 0.763 bits per heavy atom. The first-order valence-electron chi connectivity index (χ1n) is 36.3. The molecule has 2 heterocycles. The summed E-state index contributed by atoms with van der Waals surface area (Å²) in [5, 5.41) is 5.40. The lowest BCUT2D eigenvalue weighted by Gasteiger charge is -2.57. The SMILES string of the molecule is CCCC(COCCNC(=O)CCC(=O)N1CCC(C(=O)N2CC[C@@H](C(=O)N(C)Cc3cc(C(F)(F)F)cc(C(F)(F)F)c3)[C@H](c3ccccc3C)C2)CC1)OCCC(=O)N[C@@H](CC(=O)O[C@H]1CC[C@@]2(C)C(CCC[C@H]3C2CC[C@@]2(C)C3CC[C@@H]2[C@H](C)CCCC(C)C)C1)C(N)=O. The zero-order chi connectivity index (χ0) is 70.6. The molecule has 4 unspecified atom stereocenters. The van der Waals surface area contributed by atoms with E-state index in [9.17, 15) is 59.9 Å². The number of hydrogen-bond acceptors (Lipinski definition) is 10. The number of likely N-dealkylation sites (tertiary alicyclic amines) is 2. The second-order valence-corrected chi connectivity index (χ2v) is 30.5. The van der Waals surface area contributed by atoms with E-state index < -0.39 is 77.5 Å². The molecule has 0 bridgehead atoms. The number of ether oxygens (including phenoxy) is 3. The highest BCUT2D eigenvalue weighted by atomic mass is 19.4. The highest BCUT2D eigenvalue weighted by molar-refractivity contribution is 5.90. The lowest BCUT2D eigenvalue weighted by molar-refractivity contribution is -0.158. The first-order chi connectivity index (χ1) is 45.9. The Kier molecular flexibility index (Phi) is 27.0. The van der Waals surface area contributed by atoms with Crippen LogP contribution >= 0.6 is 0 Å². The number of nitrogens with zero attached hydrogens (tertiary/aromatic N) is 3. The first-order valence-corrected chi connectivity index (χ1v) is 36.3. The van der Waals surface area contributed by atoms with Crippen molar-refractivity contribution in [2.75, 3.05) is 59.6 Å². The molecule has 2 aliphatic heterocycles. The smallest absolute Gasteiger partial charge is 0.416 e. The lowest BCUT2D eigenvalue weighted by atomic mass is 9.48. The van der Waals surface area contributed by atoms with E-state index >= 15 is 0 Å². The third-order valence-electron chi connectivity index (χ3n) is 23.6. The van der Waals surface area contributed by atoms with Gasteiger partial charge in [-0.15, -0.1) is 0 Å². The number of nitrogens with one attached hydrogen (secondary N) is 2. The molecule has 2 aromatic rings. The summed E-state index contributed by atoms with van der Waals surface area (Å²) in [5.74, 6) is 0.368. The van der Waals surface area contributed by atoms with Gasteiger partial charge in [-0.3, -0.25) is 33.6 Å². The number of carbonyl (C=O) groups excluding carboxylic acids is 7. The van der Waals surface area contributed by atoms with Gasteiger partial charge in [0.25, 0.3) is 0 Å². The Bertz CT molecular complexity index is 2980. The second-order valence-electron chi connectivity index (χ2n) is 30.5. The molecular weight excluding hydrogens is 1260 g/mol. The van der Waals surface area contributed by atoms with Crippen molar-refractivity contribution in [1.82, 2.24) is 25.3 Å². The van der Waals surface area contributed by atoms with Gasteiger partial charge in [-0.25, -0.2) is 0 Å². The van der Waals surface area contributed by atoms with Crippen LogP contribution in [0.15, 0.2) is 42.5 Å². The summed E-state index contributed by atoms with van der Waals surface area (Å²) in [4.78, 5) is 98.1.